The van der Waals surface area contributed by atoms with Crippen LogP contribution in [-0.4, -0.2) is 15.4 Å². The van der Waals surface area contributed by atoms with Gasteiger partial charge >= 0.3 is 0 Å². The number of hydrogen-bond acceptors (Lipinski definition) is 2. The molecule has 3 nitrogen and oxygen atoms in total. The van der Waals surface area contributed by atoms with Crippen LogP contribution in [0, 0.1) is 0 Å². The molecule has 61 heavy (non-hydrogen) atoms. The standard InChI is InChI=1S/C54H34N2O.C2H6.CH4S/c1-4-12-35(13-5-1)38-20-25-50-44(30-38)43-18-10-11-19-49(43)55(50)41-23-28-53-47(33-41)48-34-42(24-29-54(48)57-53)56-51-26-21-39(36-14-6-2-7-15-36)31-45(51)46-32-40(22-27-52(46)56)37-16-8-3-9-17-37;2*1-2/h1-34H;1-2H3;2H,1H3. The van der Waals surface area contributed by atoms with E-state index in [-0.39, 0.29) is 0 Å². The molecule has 0 aliphatic carbocycles. The highest BCUT2D eigenvalue weighted by atomic mass is 32.1. The van der Waals surface area contributed by atoms with Crippen molar-refractivity contribution in [2.24, 2.45) is 0 Å². The van der Waals surface area contributed by atoms with Crippen LogP contribution < -0.4 is 0 Å². The largest absolute Gasteiger partial charge is 0.456 e. The highest BCUT2D eigenvalue weighted by Gasteiger charge is 2.18. The number of hydrogen-bond donors (Lipinski definition) is 1. The molecule has 3 heterocycles. The minimum Gasteiger partial charge on any atom is -0.456 e. The zero-order valence-corrected chi connectivity index (χ0v) is 35.3. The van der Waals surface area contributed by atoms with E-state index in [4.69, 9.17) is 4.42 Å². The third kappa shape index (κ3) is 6.48. The van der Waals surface area contributed by atoms with Crippen LogP contribution in [0.4, 0.5) is 0 Å². The fourth-order valence-corrected chi connectivity index (χ4v) is 9.01. The Labute approximate surface area is 361 Å². The van der Waals surface area contributed by atoms with E-state index in [1.54, 1.807) is 6.26 Å². The van der Waals surface area contributed by atoms with Crippen molar-refractivity contribution < 1.29 is 4.42 Å². The molecule has 3 aromatic heterocycles. The van der Waals surface area contributed by atoms with E-state index in [2.05, 4.69) is 228 Å². The smallest absolute Gasteiger partial charge is 0.135 e. The number of para-hydroxylation sites is 1. The van der Waals surface area contributed by atoms with Gasteiger partial charge in [0.2, 0.25) is 0 Å². The van der Waals surface area contributed by atoms with Gasteiger partial charge in [-0.05, 0) is 118 Å². The fourth-order valence-electron chi connectivity index (χ4n) is 9.01. The van der Waals surface area contributed by atoms with Gasteiger partial charge in [0, 0.05) is 43.7 Å². The molecule has 4 heteroatoms. The second-order valence-corrected chi connectivity index (χ2v) is 14.9. The van der Waals surface area contributed by atoms with Crippen molar-refractivity contribution in [3.8, 4) is 44.8 Å². The van der Waals surface area contributed by atoms with E-state index < -0.39 is 0 Å². The molecule has 0 saturated carbocycles. The van der Waals surface area contributed by atoms with Gasteiger partial charge in [0.25, 0.3) is 0 Å². The first-order chi connectivity index (χ1) is 30.2. The zero-order chi connectivity index (χ0) is 41.5. The molecule has 0 aliphatic heterocycles. The van der Waals surface area contributed by atoms with Crippen LogP contribution in [0.1, 0.15) is 13.8 Å². The Morgan fingerprint density at radius 2 is 0.639 bits per heavy atom. The lowest BCUT2D eigenvalue weighted by Crippen LogP contribution is -1.94. The monoisotopic (exact) mass is 804 g/mol. The van der Waals surface area contributed by atoms with E-state index >= 15 is 0 Å². The number of aromatic nitrogens is 2. The Bertz CT molecular complexity index is 3410. The van der Waals surface area contributed by atoms with Crippen LogP contribution in [0.15, 0.2) is 211 Å². The maximum absolute atomic E-state index is 6.52. The summed E-state index contributed by atoms with van der Waals surface area (Å²) in [5.41, 5.74) is 15.9. The van der Waals surface area contributed by atoms with Crippen LogP contribution in [0.5, 0.6) is 0 Å². The van der Waals surface area contributed by atoms with Crippen LogP contribution in [0.2, 0.25) is 0 Å². The van der Waals surface area contributed by atoms with Crippen molar-refractivity contribution in [3.05, 3.63) is 206 Å². The lowest BCUT2D eigenvalue weighted by Gasteiger charge is -2.10. The van der Waals surface area contributed by atoms with E-state index in [0.29, 0.717) is 0 Å². The van der Waals surface area contributed by atoms with Crippen LogP contribution in [0.25, 0.3) is 110 Å². The molecule has 0 amide bonds. The van der Waals surface area contributed by atoms with Gasteiger partial charge in [0.15, 0.2) is 0 Å². The summed E-state index contributed by atoms with van der Waals surface area (Å²) in [5.74, 6) is 0. The van der Waals surface area contributed by atoms with Gasteiger partial charge < -0.3 is 13.6 Å². The van der Waals surface area contributed by atoms with Crippen molar-refractivity contribution in [3.63, 3.8) is 0 Å². The van der Waals surface area contributed by atoms with E-state index in [1.165, 1.54) is 77.0 Å². The highest BCUT2D eigenvalue weighted by molar-refractivity contribution is 7.79. The summed E-state index contributed by atoms with van der Waals surface area (Å²) in [6, 6.07) is 74.5. The topological polar surface area (TPSA) is 23.0 Å². The van der Waals surface area contributed by atoms with E-state index in [9.17, 15) is 0 Å². The summed E-state index contributed by atoms with van der Waals surface area (Å²) in [4.78, 5) is 0. The van der Waals surface area contributed by atoms with Gasteiger partial charge in [-0.15, -0.1) is 0 Å². The van der Waals surface area contributed by atoms with Crippen molar-refractivity contribution in [2.75, 3.05) is 6.26 Å². The molecule has 9 aromatic carbocycles. The molecule has 0 saturated heterocycles. The Morgan fingerprint density at radius 3 is 1.05 bits per heavy atom. The summed E-state index contributed by atoms with van der Waals surface area (Å²) < 4.78 is 11.3. The van der Waals surface area contributed by atoms with Gasteiger partial charge in [0.05, 0.1) is 22.1 Å². The Kier molecular flexibility index (Phi) is 10.00. The van der Waals surface area contributed by atoms with Crippen LogP contribution in [0.3, 0.4) is 0 Å². The summed E-state index contributed by atoms with van der Waals surface area (Å²) in [7, 11) is 0. The number of nitrogens with zero attached hydrogens (tertiary/aromatic N) is 2. The molecule has 0 bridgehead atoms. The second-order valence-electron chi connectivity index (χ2n) is 14.9. The van der Waals surface area contributed by atoms with E-state index in [0.717, 1.165) is 33.3 Å². The Morgan fingerprint density at radius 1 is 0.295 bits per heavy atom. The molecule has 0 fully saturated rings. The van der Waals surface area contributed by atoms with Crippen molar-refractivity contribution in [1.29, 1.82) is 0 Å². The van der Waals surface area contributed by atoms with E-state index in [1.807, 2.05) is 13.8 Å². The zero-order valence-electron chi connectivity index (χ0n) is 34.4. The summed E-state index contributed by atoms with van der Waals surface area (Å²) >= 11 is 3.53. The average molecular weight is 805 g/mol. The Balaban J connectivity index is 0.00000108. The molecule has 0 atom stereocenters. The average Bonchev–Trinajstić information content (AvgIpc) is 4.00. The minimum absolute atomic E-state index is 0.874. The molecule has 0 spiro atoms. The molecule has 0 unspecified atom stereocenters. The summed E-state index contributed by atoms with van der Waals surface area (Å²) in [6.45, 7) is 4.00. The number of thiol groups is 1. The van der Waals surface area contributed by atoms with Crippen LogP contribution >= 0.6 is 12.6 Å². The highest BCUT2D eigenvalue weighted by Crippen LogP contribution is 2.41. The maximum Gasteiger partial charge on any atom is 0.135 e. The third-order valence-corrected chi connectivity index (χ3v) is 11.7. The predicted molar refractivity (Wildman–Crippen MR) is 265 cm³/mol. The lowest BCUT2D eigenvalue weighted by atomic mass is 10.0. The second kappa shape index (κ2) is 16.1. The SMILES string of the molecule is CC.CS.c1ccc(-c2ccc3c(c2)c2ccccc2n3-c2ccc3oc4ccc(-n5c6ccc(-c7ccccc7)cc6c6cc(-c7ccccc7)ccc65)cc4c3c2)cc1. The van der Waals surface area contributed by atoms with Crippen molar-refractivity contribution in [2.45, 2.75) is 13.8 Å². The molecule has 0 radical (unpaired) electrons. The normalized spacial score (nSPS) is 11.3. The first kappa shape index (κ1) is 38.0. The van der Waals surface area contributed by atoms with Gasteiger partial charge in [-0.25, -0.2) is 0 Å². The summed E-state index contributed by atoms with van der Waals surface area (Å²) in [5, 5.41) is 7.12. The molecule has 12 rings (SSSR count). The van der Waals surface area contributed by atoms with Gasteiger partial charge in [-0.3, -0.25) is 0 Å². The quantitative estimate of drug-likeness (QED) is 0.172. The molecule has 12 aromatic rings. The first-order valence-electron chi connectivity index (χ1n) is 20.9. The van der Waals surface area contributed by atoms with Gasteiger partial charge in [0.1, 0.15) is 11.2 Å². The summed E-state index contributed by atoms with van der Waals surface area (Å²) in [6.07, 6.45) is 1.69. The number of fused-ring (bicyclic) bond motifs is 9. The number of rotatable bonds is 5. The molecular weight excluding hydrogens is 761 g/mol. The fraction of sp³-hybridized carbons (Fsp3) is 0.0526. The van der Waals surface area contributed by atoms with Gasteiger partial charge in [-0.1, -0.05) is 141 Å². The maximum atomic E-state index is 6.52. The lowest BCUT2D eigenvalue weighted by molar-refractivity contribution is 0.669. The van der Waals surface area contributed by atoms with Gasteiger partial charge in [-0.2, -0.15) is 12.6 Å². The third-order valence-electron chi connectivity index (χ3n) is 11.7. The molecule has 0 aliphatic rings. The number of furan rings is 1. The van der Waals surface area contributed by atoms with Crippen LogP contribution in [-0.2, 0) is 0 Å². The first-order valence-corrected chi connectivity index (χ1v) is 21.8. The number of benzene rings is 9. The molecular formula is C57H44N2OS. The predicted octanol–water partition coefficient (Wildman–Crippen LogP) is 16.4. The molecule has 294 valence electrons. The molecule has 0 N–H and O–H groups in total. The minimum atomic E-state index is 0.874. The van der Waals surface area contributed by atoms with Crippen molar-refractivity contribution >= 4 is 78.2 Å². The van der Waals surface area contributed by atoms with Crippen molar-refractivity contribution in [1.82, 2.24) is 9.13 Å². The Hall–Kier alpha value is -7.27.